The van der Waals surface area contributed by atoms with Gasteiger partial charge in [0.1, 0.15) is 0 Å². The summed E-state index contributed by atoms with van der Waals surface area (Å²) in [7, 11) is 0. The average molecular weight is 299 g/mol. The number of hydrogen-bond acceptors (Lipinski definition) is 2. The molecular weight excluding hydrogens is 278 g/mol. The molecule has 4 aliphatic carbocycles. The Morgan fingerprint density at radius 3 is 2.05 bits per heavy atom. The summed E-state index contributed by atoms with van der Waals surface area (Å²) in [6, 6.07) is 5.20. The molecule has 0 atom stereocenters. The molecule has 0 saturated heterocycles. The highest BCUT2D eigenvalue weighted by atomic mass is 16.4. The largest absolute Gasteiger partial charge is 0.478 e. The van der Waals surface area contributed by atoms with Crippen molar-refractivity contribution in [2.24, 2.45) is 23.5 Å². The summed E-state index contributed by atoms with van der Waals surface area (Å²) >= 11 is 0. The van der Waals surface area contributed by atoms with E-state index in [2.05, 4.69) is 0 Å². The third kappa shape index (κ3) is 1.89. The van der Waals surface area contributed by atoms with Gasteiger partial charge in [-0.15, -0.1) is 0 Å². The van der Waals surface area contributed by atoms with Gasteiger partial charge in [-0.3, -0.25) is 4.79 Å². The second-order valence-corrected chi connectivity index (χ2v) is 7.60. The van der Waals surface area contributed by atoms with E-state index >= 15 is 0 Å². The molecule has 4 aliphatic rings. The maximum absolute atomic E-state index is 12.0. The van der Waals surface area contributed by atoms with Crippen LogP contribution in [0.4, 0.5) is 0 Å². The van der Waals surface area contributed by atoms with Crippen molar-refractivity contribution in [2.45, 2.75) is 43.9 Å². The number of nitrogens with two attached hydrogens (primary N) is 1. The summed E-state index contributed by atoms with van der Waals surface area (Å²) in [4.78, 5) is 23.5. The van der Waals surface area contributed by atoms with E-state index in [4.69, 9.17) is 5.73 Å². The van der Waals surface area contributed by atoms with E-state index in [0.29, 0.717) is 0 Å². The zero-order chi connectivity index (χ0) is 15.5. The van der Waals surface area contributed by atoms with E-state index in [9.17, 15) is 14.7 Å². The number of primary amides is 1. The molecule has 4 bridgehead atoms. The molecule has 0 heterocycles. The van der Waals surface area contributed by atoms with Gasteiger partial charge < -0.3 is 10.8 Å². The number of amides is 1. The first-order chi connectivity index (χ1) is 10.5. The van der Waals surface area contributed by atoms with Crippen LogP contribution in [-0.2, 0) is 5.41 Å². The first kappa shape index (κ1) is 13.8. The van der Waals surface area contributed by atoms with Gasteiger partial charge in [0, 0.05) is 0 Å². The minimum atomic E-state index is -1.07. The Hall–Kier alpha value is -1.84. The van der Waals surface area contributed by atoms with Crippen LogP contribution in [0.3, 0.4) is 0 Å². The first-order valence-corrected chi connectivity index (χ1v) is 8.15. The van der Waals surface area contributed by atoms with Crippen molar-refractivity contribution in [3.8, 4) is 0 Å². The van der Waals surface area contributed by atoms with Crippen molar-refractivity contribution in [3.63, 3.8) is 0 Å². The SMILES string of the molecule is NC(=O)c1c(C(=O)O)cccc1C12CC3CC(CC(C3)C1)C2. The molecule has 116 valence electrons. The van der Waals surface area contributed by atoms with Gasteiger partial charge in [0.2, 0.25) is 5.91 Å². The van der Waals surface area contributed by atoms with E-state index in [-0.39, 0.29) is 16.5 Å². The van der Waals surface area contributed by atoms with Crippen molar-refractivity contribution in [1.82, 2.24) is 0 Å². The lowest BCUT2D eigenvalue weighted by Crippen LogP contribution is -2.49. The van der Waals surface area contributed by atoms with Crippen molar-refractivity contribution >= 4 is 11.9 Å². The topological polar surface area (TPSA) is 80.4 Å². The second kappa shape index (κ2) is 4.58. The highest BCUT2D eigenvalue weighted by Crippen LogP contribution is 2.61. The smallest absolute Gasteiger partial charge is 0.336 e. The number of rotatable bonds is 3. The van der Waals surface area contributed by atoms with Gasteiger partial charge in [-0.1, -0.05) is 12.1 Å². The quantitative estimate of drug-likeness (QED) is 0.900. The third-order valence-electron chi connectivity index (χ3n) is 6.15. The number of aromatic carboxylic acids is 1. The zero-order valence-electron chi connectivity index (χ0n) is 12.5. The molecule has 1 aromatic rings. The lowest BCUT2D eigenvalue weighted by Gasteiger charge is -2.57. The van der Waals surface area contributed by atoms with Crippen LogP contribution in [-0.4, -0.2) is 17.0 Å². The van der Waals surface area contributed by atoms with E-state index in [1.807, 2.05) is 6.07 Å². The summed E-state index contributed by atoms with van der Waals surface area (Å²) in [6.45, 7) is 0. The molecule has 1 aromatic carbocycles. The Morgan fingerprint density at radius 2 is 1.59 bits per heavy atom. The van der Waals surface area contributed by atoms with E-state index in [1.165, 1.54) is 25.3 Å². The predicted molar refractivity (Wildman–Crippen MR) is 81.8 cm³/mol. The Bertz CT molecular complexity index is 629. The molecule has 0 aromatic heterocycles. The van der Waals surface area contributed by atoms with Gasteiger partial charge in [-0.05, 0) is 73.3 Å². The summed E-state index contributed by atoms with van der Waals surface area (Å²) in [5.41, 5.74) is 6.75. The maximum Gasteiger partial charge on any atom is 0.336 e. The van der Waals surface area contributed by atoms with Crippen LogP contribution in [0.25, 0.3) is 0 Å². The molecular formula is C18H21NO3. The highest BCUT2D eigenvalue weighted by Gasteiger charge is 2.52. The molecule has 5 rings (SSSR count). The van der Waals surface area contributed by atoms with Crippen LogP contribution in [0.2, 0.25) is 0 Å². The van der Waals surface area contributed by atoms with Gasteiger partial charge in [-0.2, -0.15) is 0 Å². The van der Waals surface area contributed by atoms with Gasteiger partial charge in [0.25, 0.3) is 0 Å². The molecule has 0 spiro atoms. The fourth-order valence-electron chi connectivity index (χ4n) is 5.88. The molecule has 3 N–H and O–H groups in total. The van der Waals surface area contributed by atoms with Crippen molar-refractivity contribution < 1.29 is 14.7 Å². The lowest BCUT2D eigenvalue weighted by molar-refractivity contribution is -0.00555. The summed E-state index contributed by atoms with van der Waals surface area (Å²) in [5.74, 6) is 0.533. The van der Waals surface area contributed by atoms with E-state index < -0.39 is 11.9 Å². The number of benzene rings is 1. The van der Waals surface area contributed by atoms with E-state index in [0.717, 1.165) is 42.6 Å². The van der Waals surface area contributed by atoms with Crippen LogP contribution in [0, 0.1) is 17.8 Å². The molecule has 4 saturated carbocycles. The van der Waals surface area contributed by atoms with E-state index in [1.54, 1.807) is 6.07 Å². The van der Waals surface area contributed by atoms with Crippen molar-refractivity contribution in [1.29, 1.82) is 0 Å². The van der Waals surface area contributed by atoms with Gasteiger partial charge in [-0.25, -0.2) is 4.79 Å². The Morgan fingerprint density at radius 1 is 1.05 bits per heavy atom. The van der Waals surface area contributed by atoms with Crippen LogP contribution < -0.4 is 5.73 Å². The number of carboxylic acid groups (broad SMARTS) is 1. The molecule has 4 nitrogen and oxygen atoms in total. The predicted octanol–water partition coefficient (Wildman–Crippen LogP) is 2.95. The van der Waals surface area contributed by atoms with Crippen LogP contribution in [0.5, 0.6) is 0 Å². The Balaban J connectivity index is 1.87. The molecule has 1 amide bonds. The minimum Gasteiger partial charge on any atom is -0.478 e. The number of carbonyl (C=O) groups excluding carboxylic acids is 1. The monoisotopic (exact) mass is 299 g/mol. The third-order valence-corrected chi connectivity index (χ3v) is 6.15. The van der Waals surface area contributed by atoms with Crippen LogP contribution >= 0.6 is 0 Å². The molecule has 0 aliphatic heterocycles. The fraction of sp³-hybridized carbons (Fsp3) is 0.556. The fourth-order valence-corrected chi connectivity index (χ4v) is 5.88. The number of carboxylic acids is 1. The molecule has 0 radical (unpaired) electrons. The Kier molecular flexibility index (Phi) is 2.87. The summed E-state index contributed by atoms with van der Waals surface area (Å²) < 4.78 is 0. The standard InChI is InChI=1S/C18H21NO3/c19-16(20)15-13(17(21)22)2-1-3-14(15)18-7-10-4-11(8-18)6-12(5-10)9-18/h1-3,10-12H,4-9H2,(H2,19,20)(H,21,22). The van der Waals surface area contributed by atoms with Crippen LogP contribution in [0.1, 0.15) is 64.8 Å². The minimum absolute atomic E-state index is 0.0232. The van der Waals surface area contributed by atoms with Crippen molar-refractivity contribution in [3.05, 3.63) is 34.9 Å². The highest BCUT2D eigenvalue weighted by molar-refractivity contribution is 6.05. The number of hydrogen-bond donors (Lipinski definition) is 2. The Labute approximate surface area is 129 Å². The van der Waals surface area contributed by atoms with Crippen molar-refractivity contribution in [2.75, 3.05) is 0 Å². The van der Waals surface area contributed by atoms with Gasteiger partial charge in [0.05, 0.1) is 11.1 Å². The first-order valence-electron chi connectivity index (χ1n) is 8.15. The molecule has 4 fully saturated rings. The normalized spacial score (nSPS) is 35.5. The zero-order valence-corrected chi connectivity index (χ0v) is 12.5. The summed E-state index contributed by atoms with van der Waals surface area (Å²) in [5, 5.41) is 9.41. The molecule has 4 heteroatoms. The average Bonchev–Trinajstić information content (AvgIpc) is 2.44. The molecule has 22 heavy (non-hydrogen) atoms. The van der Waals surface area contributed by atoms with Gasteiger partial charge >= 0.3 is 5.97 Å². The molecule has 0 unspecified atom stereocenters. The lowest BCUT2D eigenvalue weighted by atomic mass is 9.47. The van der Waals surface area contributed by atoms with Gasteiger partial charge in [0.15, 0.2) is 0 Å². The van der Waals surface area contributed by atoms with Crippen LogP contribution in [0.15, 0.2) is 18.2 Å². The maximum atomic E-state index is 12.0. The number of carbonyl (C=O) groups is 2. The second-order valence-electron chi connectivity index (χ2n) is 7.60. The summed E-state index contributed by atoms with van der Waals surface area (Å²) in [6.07, 6.45) is 7.18.